The molecule has 0 saturated heterocycles. The molecule has 3 heteroatoms. The minimum atomic E-state index is -0.448. The molecule has 1 N–H and O–H groups in total. The third-order valence-electron chi connectivity index (χ3n) is 3.91. The van der Waals surface area contributed by atoms with Crippen LogP contribution in [0.3, 0.4) is 0 Å². The molecule has 1 aliphatic rings. The van der Waals surface area contributed by atoms with Gasteiger partial charge in [0, 0.05) is 11.7 Å². The van der Waals surface area contributed by atoms with Crippen molar-refractivity contribution >= 4 is 5.69 Å². The highest BCUT2D eigenvalue weighted by atomic mass is 19.1. The van der Waals surface area contributed by atoms with Gasteiger partial charge in [0.1, 0.15) is 11.9 Å². The van der Waals surface area contributed by atoms with Gasteiger partial charge in [-0.1, -0.05) is 13.8 Å². The molecule has 0 heterocycles. The first-order valence-electron chi connectivity index (χ1n) is 6.08. The van der Waals surface area contributed by atoms with Gasteiger partial charge in [-0.05, 0) is 42.9 Å². The Balaban J connectivity index is 2.10. The second kappa shape index (κ2) is 4.75. The van der Waals surface area contributed by atoms with Crippen molar-refractivity contribution in [2.24, 2.45) is 11.8 Å². The molecular formula is C14H17FN2. The first kappa shape index (κ1) is 11.9. The maximum atomic E-state index is 13.4. The number of halogens is 1. The molecule has 0 amide bonds. The molecule has 0 aliphatic heterocycles. The summed E-state index contributed by atoms with van der Waals surface area (Å²) < 4.78 is 13.4. The second-order valence-electron chi connectivity index (χ2n) is 4.97. The molecule has 3 unspecified atom stereocenters. The predicted molar refractivity (Wildman–Crippen MR) is 66.1 cm³/mol. The fourth-order valence-corrected chi connectivity index (χ4v) is 2.48. The van der Waals surface area contributed by atoms with Crippen molar-refractivity contribution in [3.63, 3.8) is 0 Å². The smallest absolute Gasteiger partial charge is 0.143 e. The summed E-state index contributed by atoms with van der Waals surface area (Å²) in [5.74, 6) is 0.876. The van der Waals surface area contributed by atoms with Crippen LogP contribution in [0.2, 0.25) is 0 Å². The summed E-state index contributed by atoms with van der Waals surface area (Å²) >= 11 is 0. The zero-order chi connectivity index (χ0) is 12.4. The van der Waals surface area contributed by atoms with E-state index in [1.807, 2.05) is 6.07 Å². The average Bonchev–Trinajstić information content (AvgIpc) is 2.61. The molecular weight excluding hydrogens is 215 g/mol. The summed E-state index contributed by atoms with van der Waals surface area (Å²) in [5, 5.41) is 12.0. The quantitative estimate of drug-likeness (QED) is 0.846. The van der Waals surface area contributed by atoms with E-state index in [0.29, 0.717) is 12.0 Å². The summed E-state index contributed by atoms with van der Waals surface area (Å²) in [6.45, 7) is 4.49. The Morgan fingerprint density at radius 2 is 2.12 bits per heavy atom. The lowest BCUT2D eigenvalue weighted by Gasteiger charge is -2.20. The number of anilines is 1. The standard InChI is InChI=1S/C14H17FN2/c1-9-3-6-14(10(9)2)17-12-5-4-11(8-16)13(15)7-12/h4-5,7,9-10,14,17H,3,6H2,1-2H3. The van der Waals surface area contributed by atoms with E-state index < -0.39 is 5.82 Å². The molecule has 0 bridgehead atoms. The van der Waals surface area contributed by atoms with Crippen LogP contribution in [0.1, 0.15) is 32.3 Å². The average molecular weight is 232 g/mol. The topological polar surface area (TPSA) is 35.8 Å². The Hall–Kier alpha value is -1.56. The maximum absolute atomic E-state index is 13.4. The Labute approximate surface area is 101 Å². The van der Waals surface area contributed by atoms with Gasteiger partial charge < -0.3 is 5.32 Å². The summed E-state index contributed by atoms with van der Waals surface area (Å²) in [6, 6.07) is 6.96. The highest BCUT2D eigenvalue weighted by molar-refractivity contribution is 5.49. The Morgan fingerprint density at radius 3 is 2.65 bits per heavy atom. The number of nitrogens with one attached hydrogen (secondary N) is 1. The Morgan fingerprint density at radius 1 is 1.35 bits per heavy atom. The van der Waals surface area contributed by atoms with Crippen LogP contribution in [0.4, 0.5) is 10.1 Å². The van der Waals surface area contributed by atoms with Gasteiger partial charge >= 0.3 is 0 Å². The van der Waals surface area contributed by atoms with Gasteiger partial charge in [-0.15, -0.1) is 0 Å². The third kappa shape index (κ3) is 2.41. The minimum absolute atomic E-state index is 0.100. The van der Waals surface area contributed by atoms with E-state index in [2.05, 4.69) is 19.2 Å². The maximum Gasteiger partial charge on any atom is 0.143 e. The normalized spacial score (nSPS) is 27.8. The van der Waals surface area contributed by atoms with Crippen LogP contribution < -0.4 is 5.32 Å². The monoisotopic (exact) mass is 232 g/mol. The van der Waals surface area contributed by atoms with Crippen molar-refractivity contribution in [3.05, 3.63) is 29.6 Å². The van der Waals surface area contributed by atoms with E-state index in [9.17, 15) is 4.39 Å². The molecule has 0 radical (unpaired) electrons. The predicted octanol–water partition coefficient (Wildman–Crippen LogP) is 3.54. The Bertz CT molecular complexity index is 450. The lowest BCUT2D eigenvalue weighted by Crippen LogP contribution is -2.24. The molecule has 0 spiro atoms. The molecule has 1 aromatic rings. The van der Waals surface area contributed by atoms with E-state index in [1.165, 1.54) is 18.6 Å². The molecule has 1 saturated carbocycles. The van der Waals surface area contributed by atoms with E-state index in [1.54, 1.807) is 6.07 Å². The fraction of sp³-hybridized carbons (Fsp3) is 0.500. The van der Waals surface area contributed by atoms with Crippen LogP contribution in [0.15, 0.2) is 18.2 Å². The van der Waals surface area contributed by atoms with E-state index in [4.69, 9.17) is 5.26 Å². The molecule has 3 atom stereocenters. The summed E-state index contributed by atoms with van der Waals surface area (Å²) in [4.78, 5) is 0. The van der Waals surface area contributed by atoms with Gasteiger partial charge in [0.05, 0.1) is 5.56 Å². The number of nitrogens with zero attached hydrogens (tertiary/aromatic N) is 1. The number of hydrogen-bond acceptors (Lipinski definition) is 2. The van der Waals surface area contributed by atoms with Crippen molar-refractivity contribution in [1.82, 2.24) is 0 Å². The molecule has 2 nitrogen and oxygen atoms in total. The van der Waals surface area contributed by atoms with Crippen molar-refractivity contribution in [2.75, 3.05) is 5.32 Å². The van der Waals surface area contributed by atoms with Crippen LogP contribution in [0, 0.1) is 29.0 Å². The molecule has 0 aromatic heterocycles. The van der Waals surface area contributed by atoms with E-state index in [0.717, 1.165) is 18.0 Å². The number of hydrogen-bond donors (Lipinski definition) is 1. The molecule has 1 fully saturated rings. The zero-order valence-corrected chi connectivity index (χ0v) is 10.2. The summed E-state index contributed by atoms with van der Waals surface area (Å²) in [7, 11) is 0. The van der Waals surface area contributed by atoms with Gasteiger partial charge in [0.15, 0.2) is 0 Å². The van der Waals surface area contributed by atoms with Crippen molar-refractivity contribution in [2.45, 2.75) is 32.7 Å². The fourth-order valence-electron chi connectivity index (χ4n) is 2.48. The van der Waals surface area contributed by atoms with Gasteiger partial charge in [-0.25, -0.2) is 4.39 Å². The summed E-state index contributed by atoms with van der Waals surface area (Å²) in [6.07, 6.45) is 2.35. The van der Waals surface area contributed by atoms with Gasteiger partial charge in [0.25, 0.3) is 0 Å². The molecule has 2 rings (SSSR count). The molecule has 1 aliphatic carbocycles. The van der Waals surface area contributed by atoms with E-state index in [-0.39, 0.29) is 5.56 Å². The number of benzene rings is 1. The van der Waals surface area contributed by atoms with Crippen LogP contribution >= 0.6 is 0 Å². The molecule has 17 heavy (non-hydrogen) atoms. The van der Waals surface area contributed by atoms with Crippen LogP contribution in [0.5, 0.6) is 0 Å². The first-order valence-corrected chi connectivity index (χ1v) is 6.08. The van der Waals surface area contributed by atoms with Crippen molar-refractivity contribution in [1.29, 1.82) is 5.26 Å². The van der Waals surface area contributed by atoms with Gasteiger partial charge in [0.2, 0.25) is 0 Å². The number of rotatable bonds is 2. The van der Waals surface area contributed by atoms with Crippen molar-refractivity contribution < 1.29 is 4.39 Å². The van der Waals surface area contributed by atoms with Crippen molar-refractivity contribution in [3.8, 4) is 6.07 Å². The molecule has 90 valence electrons. The zero-order valence-electron chi connectivity index (χ0n) is 10.2. The SMILES string of the molecule is CC1CCC(Nc2ccc(C#N)c(F)c2)C1C. The second-order valence-corrected chi connectivity index (χ2v) is 4.97. The highest BCUT2D eigenvalue weighted by Crippen LogP contribution is 2.33. The van der Waals surface area contributed by atoms with Gasteiger partial charge in [-0.2, -0.15) is 5.26 Å². The van der Waals surface area contributed by atoms with Crippen LogP contribution in [-0.4, -0.2) is 6.04 Å². The Kier molecular flexibility index (Phi) is 3.33. The lowest BCUT2D eigenvalue weighted by molar-refractivity contribution is 0.435. The first-order chi connectivity index (χ1) is 8.11. The van der Waals surface area contributed by atoms with E-state index >= 15 is 0 Å². The third-order valence-corrected chi connectivity index (χ3v) is 3.91. The lowest BCUT2D eigenvalue weighted by atomic mass is 9.97. The minimum Gasteiger partial charge on any atom is -0.382 e. The summed E-state index contributed by atoms with van der Waals surface area (Å²) in [5.41, 5.74) is 0.871. The van der Waals surface area contributed by atoms with Crippen LogP contribution in [0.25, 0.3) is 0 Å². The highest BCUT2D eigenvalue weighted by Gasteiger charge is 2.29. The molecule has 1 aromatic carbocycles. The largest absolute Gasteiger partial charge is 0.382 e. The van der Waals surface area contributed by atoms with Crippen LogP contribution in [-0.2, 0) is 0 Å². The van der Waals surface area contributed by atoms with Gasteiger partial charge in [-0.3, -0.25) is 0 Å². The number of nitriles is 1.